The van der Waals surface area contributed by atoms with Gasteiger partial charge in [0.15, 0.2) is 6.10 Å². The van der Waals surface area contributed by atoms with Gasteiger partial charge in [0.05, 0.1) is 6.04 Å². The number of amides is 2. The number of benzene rings is 1. The lowest BCUT2D eigenvalue weighted by Crippen LogP contribution is -2.53. The number of carbonyl (C=O) groups excluding carboxylic acids is 2. The molecule has 2 aliphatic rings. The molecular formula is C18H24N2O3. The molecule has 2 fully saturated rings. The molecule has 0 radical (unpaired) electrons. The molecule has 1 aliphatic heterocycles. The summed E-state index contributed by atoms with van der Waals surface area (Å²) in [4.78, 5) is 24.3. The van der Waals surface area contributed by atoms with Crippen LogP contribution in [0.1, 0.15) is 38.3 Å². The average Bonchev–Trinajstić information content (AvgIpc) is 3.35. The van der Waals surface area contributed by atoms with Crippen molar-refractivity contribution in [3.05, 3.63) is 35.9 Å². The molecule has 1 saturated carbocycles. The molecule has 1 aromatic carbocycles. The second-order valence-electron chi connectivity index (χ2n) is 6.92. The highest BCUT2D eigenvalue weighted by atomic mass is 16.5. The van der Waals surface area contributed by atoms with Gasteiger partial charge >= 0.3 is 0 Å². The van der Waals surface area contributed by atoms with Crippen LogP contribution in [0.4, 0.5) is 0 Å². The third-order valence-electron chi connectivity index (χ3n) is 5.16. The minimum atomic E-state index is -0.682. The van der Waals surface area contributed by atoms with Crippen LogP contribution in [-0.2, 0) is 14.3 Å². The van der Waals surface area contributed by atoms with Gasteiger partial charge in [0.1, 0.15) is 6.61 Å². The predicted molar refractivity (Wildman–Crippen MR) is 86.6 cm³/mol. The molecule has 2 amide bonds. The van der Waals surface area contributed by atoms with Crippen LogP contribution >= 0.6 is 0 Å². The van der Waals surface area contributed by atoms with Crippen LogP contribution in [0.3, 0.4) is 0 Å². The zero-order valence-electron chi connectivity index (χ0n) is 13.7. The van der Waals surface area contributed by atoms with Gasteiger partial charge in [-0.05, 0) is 29.7 Å². The first-order valence-corrected chi connectivity index (χ1v) is 8.25. The van der Waals surface area contributed by atoms with Crippen molar-refractivity contribution in [2.24, 2.45) is 11.3 Å². The number of nitrogens with one attached hydrogen (secondary N) is 2. The lowest BCUT2D eigenvalue weighted by atomic mass is 9.92. The molecule has 0 aromatic heterocycles. The Labute approximate surface area is 136 Å². The first-order chi connectivity index (χ1) is 11.0. The number of ether oxygens (including phenoxy) is 1. The van der Waals surface area contributed by atoms with Crippen molar-refractivity contribution < 1.29 is 14.3 Å². The number of rotatable bonds is 5. The van der Waals surface area contributed by atoms with Crippen LogP contribution in [0.2, 0.25) is 0 Å². The van der Waals surface area contributed by atoms with Crippen molar-refractivity contribution in [2.75, 3.05) is 13.2 Å². The van der Waals surface area contributed by atoms with Gasteiger partial charge in [-0.15, -0.1) is 0 Å². The van der Waals surface area contributed by atoms with Crippen LogP contribution in [0, 0.1) is 11.3 Å². The Balaban J connectivity index is 1.68. The highest BCUT2D eigenvalue weighted by molar-refractivity contribution is 5.86. The molecule has 0 bridgehead atoms. The Hall–Kier alpha value is -1.88. The van der Waals surface area contributed by atoms with Gasteiger partial charge in [0, 0.05) is 6.54 Å². The molecule has 3 rings (SSSR count). The Morgan fingerprint density at radius 2 is 2.04 bits per heavy atom. The lowest BCUT2D eigenvalue weighted by molar-refractivity contribution is -0.148. The first-order valence-electron chi connectivity index (χ1n) is 8.25. The van der Waals surface area contributed by atoms with Crippen molar-refractivity contribution in [3.63, 3.8) is 0 Å². The zero-order valence-corrected chi connectivity index (χ0v) is 13.7. The number of hydrogen-bond acceptors (Lipinski definition) is 3. The molecule has 1 saturated heterocycles. The molecule has 2 atom stereocenters. The van der Waals surface area contributed by atoms with E-state index >= 15 is 0 Å². The van der Waals surface area contributed by atoms with Crippen molar-refractivity contribution in [3.8, 4) is 0 Å². The highest BCUT2D eigenvalue weighted by Gasteiger charge is 2.46. The van der Waals surface area contributed by atoms with Crippen molar-refractivity contribution in [2.45, 2.75) is 38.8 Å². The molecule has 1 aliphatic carbocycles. The van der Waals surface area contributed by atoms with Crippen LogP contribution in [0.25, 0.3) is 0 Å². The van der Waals surface area contributed by atoms with Gasteiger partial charge < -0.3 is 15.4 Å². The number of carbonyl (C=O) groups is 2. The fourth-order valence-corrected chi connectivity index (χ4v) is 3.18. The average molecular weight is 316 g/mol. The summed E-state index contributed by atoms with van der Waals surface area (Å²) in [6.45, 7) is 5.00. The third-order valence-corrected chi connectivity index (χ3v) is 5.16. The second kappa shape index (κ2) is 6.32. The predicted octanol–water partition coefficient (Wildman–Crippen LogP) is 1.80. The van der Waals surface area contributed by atoms with Crippen molar-refractivity contribution in [1.82, 2.24) is 10.6 Å². The van der Waals surface area contributed by atoms with Gasteiger partial charge in [-0.1, -0.05) is 44.2 Å². The summed E-state index contributed by atoms with van der Waals surface area (Å²) in [7, 11) is 0. The van der Waals surface area contributed by atoms with Gasteiger partial charge in [0.25, 0.3) is 5.91 Å². The van der Waals surface area contributed by atoms with E-state index in [1.165, 1.54) is 0 Å². The van der Waals surface area contributed by atoms with Gasteiger partial charge in [-0.3, -0.25) is 9.59 Å². The summed E-state index contributed by atoms with van der Waals surface area (Å²) < 4.78 is 5.54. The number of morpholine rings is 1. The van der Waals surface area contributed by atoms with E-state index in [2.05, 4.69) is 24.5 Å². The van der Waals surface area contributed by atoms with E-state index in [0.717, 1.165) is 18.4 Å². The molecule has 2 N–H and O–H groups in total. The van der Waals surface area contributed by atoms with Crippen LogP contribution in [0.5, 0.6) is 0 Å². The van der Waals surface area contributed by atoms with Gasteiger partial charge in [0.2, 0.25) is 5.91 Å². The standard InChI is InChI=1S/C18H24N2O3/c1-12(2)18(8-9-18)11-19-17(22)16-15(20-14(21)10-23-16)13-6-4-3-5-7-13/h3-7,12,15-16H,8-11H2,1-2H3,(H,19,22)(H,20,21)/t15-,16+/m1/s1. The van der Waals surface area contributed by atoms with Crippen LogP contribution < -0.4 is 10.6 Å². The van der Waals surface area contributed by atoms with E-state index in [1.807, 2.05) is 30.3 Å². The van der Waals surface area contributed by atoms with Crippen LogP contribution in [-0.4, -0.2) is 31.1 Å². The molecule has 1 aromatic rings. The van der Waals surface area contributed by atoms with E-state index in [-0.39, 0.29) is 23.8 Å². The van der Waals surface area contributed by atoms with Gasteiger partial charge in [-0.2, -0.15) is 0 Å². The van der Waals surface area contributed by atoms with E-state index in [9.17, 15) is 9.59 Å². The molecule has 124 valence electrons. The molecule has 23 heavy (non-hydrogen) atoms. The topological polar surface area (TPSA) is 67.4 Å². The summed E-state index contributed by atoms with van der Waals surface area (Å²) in [5.74, 6) is 0.217. The SMILES string of the molecule is CC(C)C1(CNC(=O)[C@H]2OCC(=O)N[C@@H]2c2ccccc2)CC1. The summed E-state index contributed by atoms with van der Waals surface area (Å²) in [5, 5.41) is 5.91. The first kappa shape index (κ1) is 16.0. The lowest BCUT2D eigenvalue weighted by Gasteiger charge is -2.32. The summed E-state index contributed by atoms with van der Waals surface area (Å²) in [5.41, 5.74) is 1.13. The minimum Gasteiger partial charge on any atom is -0.356 e. The summed E-state index contributed by atoms with van der Waals surface area (Å²) in [6.07, 6.45) is 1.64. The smallest absolute Gasteiger partial charge is 0.251 e. The Bertz CT molecular complexity index is 581. The Morgan fingerprint density at radius 3 is 2.65 bits per heavy atom. The maximum atomic E-state index is 12.6. The Kier molecular flexibility index (Phi) is 4.39. The maximum Gasteiger partial charge on any atom is 0.251 e. The minimum absolute atomic E-state index is 0.0727. The molecule has 5 nitrogen and oxygen atoms in total. The molecule has 5 heteroatoms. The Morgan fingerprint density at radius 1 is 1.35 bits per heavy atom. The zero-order chi connectivity index (χ0) is 16.4. The molecule has 0 spiro atoms. The second-order valence-corrected chi connectivity index (χ2v) is 6.92. The number of hydrogen-bond donors (Lipinski definition) is 2. The van der Waals surface area contributed by atoms with Gasteiger partial charge in [-0.25, -0.2) is 0 Å². The molecule has 0 unspecified atom stereocenters. The molecule has 1 heterocycles. The van der Waals surface area contributed by atoms with E-state index < -0.39 is 12.1 Å². The van der Waals surface area contributed by atoms with E-state index in [0.29, 0.717) is 12.5 Å². The third kappa shape index (κ3) is 3.39. The fraction of sp³-hybridized carbons (Fsp3) is 0.556. The normalized spacial score (nSPS) is 25.8. The summed E-state index contributed by atoms with van der Waals surface area (Å²) in [6, 6.07) is 9.05. The maximum absolute atomic E-state index is 12.6. The highest BCUT2D eigenvalue weighted by Crippen LogP contribution is 2.51. The van der Waals surface area contributed by atoms with E-state index in [1.54, 1.807) is 0 Å². The van der Waals surface area contributed by atoms with E-state index in [4.69, 9.17) is 4.74 Å². The molecular weight excluding hydrogens is 292 g/mol. The quantitative estimate of drug-likeness (QED) is 0.870. The summed E-state index contributed by atoms with van der Waals surface area (Å²) >= 11 is 0. The van der Waals surface area contributed by atoms with Crippen molar-refractivity contribution in [1.29, 1.82) is 0 Å². The fourth-order valence-electron chi connectivity index (χ4n) is 3.18. The van der Waals surface area contributed by atoms with Crippen LogP contribution in [0.15, 0.2) is 30.3 Å². The monoisotopic (exact) mass is 316 g/mol. The largest absolute Gasteiger partial charge is 0.356 e. The van der Waals surface area contributed by atoms with Crippen molar-refractivity contribution >= 4 is 11.8 Å².